The Morgan fingerprint density at radius 1 is 1.45 bits per heavy atom. The summed E-state index contributed by atoms with van der Waals surface area (Å²) in [7, 11) is 0. The number of thiophene rings is 1. The molecule has 0 spiro atoms. The minimum Gasteiger partial charge on any atom is -0.456 e. The molecule has 0 aliphatic carbocycles. The van der Waals surface area contributed by atoms with Gasteiger partial charge in [-0.1, -0.05) is 19.4 Å². The van der Waals surface area contributed by atoms with Gasteiger partial charge in [0.25, 0.3) is 5.91 Å². The standard InChI is InChI=1S/C13H17N5O3S/c1-2-3-6-18-11(15-16-17-18)9-21-12(19)8-14-13(20)10-5-4-7-22-10/h4-5,7H,2-3,6,8-9H2,1H3,(H,14,20). The van der Waals surface area contributed by atoms with Crippen LogP contribution in [0.5, 0.6) is 0 Å². The highest BCUT2D eigenvalue weighted by Gasteiger charge is 2.12. The van der Waals surface area contributed by atoms with E-state index < -0.39 is 5.97 Å². The van der Waals surface area contributed by atoms with Gasteiger partial charge in [-0.05, 0) is 28.3 Å². The van der Waals surface area contributed by atoms with Crippen LogP contribution in [0.2, 0.25) is 0 Å². The Balaban J connectivity index is 1.74. The fourth-order valence-corrected chi connectivity index (χ4v) is 2.29. The minimum atomic E-state index is -0.532. The van der Waals surface area contributed by atoms with E-state index in [0.29, 0.717) is 17.2 Å². The topological polar surface area (TPSA) is 99.0 Å². The van der Waals surface area contributed by atoms with E-state index in [0.717, 1.165) is 12.8 Å². The van der Waals surface area contributed by atoms with Gasteiger partial charge in [0.15, 0.2) is 12.4 Å². The Morgan fingerprint density at radius 3 is 3.05 bits per heavy atom. The third-order valence-corrected chi connectivity index (χ3v) is 3.70. The number of hydrogen-bond acceptors (Lipinski definition) is 7. The third kappa shape index (κ3) is 4.62. The van der Waals surface area contributed by atoms with Crippen LogP contribution in [-0.2, 0) is 22.7 Å². The molecule has 0 unspecified atom stereocenters. The summed E-state index contributed by atoms with van der Waals surface area (Å²) in [5, 5.41) is 15.5. The summed E-state index contributed by atoms with van der Waals surface area (Å²) in [5.74, 6) is -0.332. The van der Waals surface area contributed by atoms with Gasteiger partial charge in [0.2, 0.25) is 0 Å². The molecule has 1 N–H and O–H groups in total. The summed E-state index contributed by atoms with van der Waals surface area (Å²) < 4.78 is 6.67. The second-order valence-electron chi connectivity index (χ2n) is 4.49. The van der Waals surface area contributed by atoms with E-state index in [9.17, 15) is 9.59 Å². The van der Waals surface area contributed by atoms with Gasteiger partial charge in [0.05, 0.1) is 4.88 Å². The van der Waals surface area contributed by atoms with Crippen LogP contribution in [0.1, 0.15) is 35.3 Å². The van der Waals surface area contributed by atoms with E-state index in [1.54, 1.807) is 22.2 Å². The summed E-state index contributed by atoms with van der Waals surface area (Å²) in [4.78, 5) is 23.8. The molecular weight excluding hydrogens is 306 g/mol. The average Bonchev–Trinajstić information content (AvgIpc) is 3.19. The van der Waals surface area contributed by atoms with Crippen molar-refractivity contribution in [1.29, 1.82) is 0 Å². The van der Waals surface area contributed by atoms with Gasteiger partial charge in [-0.3, -0.25) is 9.59 Å². The minimum absolute atomic E-state index is 0.00950. The van der Waals surface area contributed by atoms with Crippen LogP contribution >= 0.6 is 11.3 Å². The molecule has 0 radical (unpaired) electrons. The normalized spacial score (nSPS) is 10.4. The summed E-state index contributed by atoms with van der Waals surface area (Å²) >= 11 is 1.31. The van der Waals surface area contributed by atoms with Gasteiger partial charge in [0.1, 0.15) is 6.54 Å². The van der Waals surface area contributed by atoms with Gasteiger partial charge in [-0.15, -0.1) is 16.4 Å². The zero-order valence-corrected chi connectivity index (χ0v) is 13.0. The summed E-state index contributed by atoms with van der Waals surface area (Å²) in [6.45, 7) is 2.56. The van der Waals surface area contributed by atoms with E-state index in [-0.39, 0.29) is 19.1 Å². The van der Waals surface area contributed by atoms with Crippen LogP contribution < -0.4 is 5.32 Å². The first-order chi connectivity index (χ1) is 10.7. The first kappa shape index (κ1) is 16.1. The smallest absolute Gasteiger partial charge is 0.325 e. The molecule has 2 rings (SSSR count). The highest BCUT2D eigenvalue weighted by atomic mass is 32.1. The second-order valence-corrected chi connectivity index (χ2v) is 5.44. The number of rotatable bonds is 8. The molecule has 0 saturated heterocycles. The SMILES string of the molecule is CCCCn1nnnc1COC(=O)CNC(=O)c1cccs1. The molecule has 2 heterocycles. The van der Waals surface area contributed by atoms with Gasteiger partial charge < -0.3 is 10.1 Å². The van der Waals surface area contributed by atoms with E-state index in [4.69, 9.17) is 4.74 Å². The van der Waals surface area contributed by atoms with Gasteiger partial charge in [0, 0.05) is 6.54 Å². The molecule has 8 nitrogen and oxygen atoms in total. The first-order valence-electron chi connectivity index (χ1n) is 6.93. The molecule has 2 aromatic rings. The summed E-state index contributed by atoms with van der Waals surface area (Å²) in [5.41, 5.74) is 0. The number of ether oxygens (including phenoxy) is 1. The third-order valence-electron chi connectivity index (χ3n) is 2.83. The maximum Gasteiger partial charge on any atom is 0.325 e. The number of unbranched alkanes of at least 4 members (excludes halogenated alkanes) is 1. The first-order valence-corrected chi connectivity index (χ1v) is 7.81. The quantitative estimate of drug-likeness (QED) is 0.728. The van der Waals surface area contributed by atoms with E-state index in [1.807, 2.05) is 0 Å². The zero-order chi connectivity index (χ0) is 15.8. The lowest BCUT2D eigenvalue weighted by atomic mass is 10.3. The predicted molar refractivity (Wildman–Crippen MR) is 79.2 cm³/mol. The van der Waals surface area contributed by atoms with Crippen molar-refractivity contribution in [3.63, 3.8) is 0 Å². The highest BCUT2D eigenvalue weighted by Crippen LogP contribution is 2.07. The molecule has 0 fully saturated rings. The molecular formula is C13H17N5O3S. The average molecular weight is 323 g/mol. The molecule has 0 aliphatic heterocycles. The zero-order valence-electron chi connectivity index (χ0n) is 12.2. The lowest BCUT2D eigenvalue weighted by molar-refractivity contribution is -0.144. The van der Waals surface area contributed by atoms with E-state index in [2.05, 4.69) is 27.8 Å². The van der Waals surface area contributed by atoms with Crippen molar-refractivity contribution in [2.75, 3.05) is 6.54 Å². The Kier molecular flexibility index (Phi) is 6.01. The Morgan fingerprint density at radius 2 is 2.32 bits per heavy atom. The molecule has 1 amide bonds. The monoisotopic (exact) mass is 323 g/mol. The Hall–Kier alpha value is -2.29. The van der Waals surface area contributed by atoms with Gasteiger partial charge in [-0.2, -0.15) is 0 Å². The molecule has 22 heavy (non-hydrogen) atoms. The number of carbonyl (C=O) groups is 2. The van der Waals surface area contributed by atoms with E-state index >= 15 is 0 Å². The number of amides is 1. The fourth-order valence-electron chi connectivity index (χ4n) is 1.65. The van der Waals surface area contributed by atoms with Crippen LogP contribution in [0.25, 0.3) is 0 Å². The van der Waals surface area contributed by atoms with Crippen molar-refractivity contribution in [2.45, 2.75) is 32.9 Å². The number of hydrogen-bond donors (Lipinski definition) is 1. The molecule has 0 saturated carbocycles. The van der Waals surface area contributed by atoms with Gasteiger partial charge in [-0.25, -0.2) is 4.68 Å². The van der Waals surface area contributed by atoms with Crippen LogP contribution in [0.15, 0.2) is 17.5 Å². The second kappa shape index (κ2) is 8.23. The van der Waals surface area contributed by atoms with Crippen LogP contribution in [0.4, 0.5) is 0 Å². The fraction of sp³-hybridized carbons (Fsp3) is 0.462. The molecule has 2 aromatic heterocycles. The van der Waals surface area contributed by atoms with Crippen molar-refractivity contribution < 1.29 is 14.3 Å². The molecule has 0 bridgehead atoms. The number of nitrogens with zero attached hydrogens (tertiary/aromatic N) is 4. The number of aryl methyl sites for hydroxylation is 1. The number of esters is 1. The highest BCUT2D eigenvalue weighted by molar-refractivity contribution is 7.12. The molecule has 0 aromatic carbocycles. The lowest BCUT2D eigenvalue weighted by Crippen LogP contribution is -2.30. The summed E-state index contributed by atoms with van der Waals surface area (Å²) in [6, 6.07) is 3.46. The maximum absolute atomic E-state index is 11.7. The van der Waals surface area contributed by atoms with Crippen LogP contribution in [0, 0.1) is 0 Å². The molecule has 118 valence electrons. The molecule has 0 aliphatic rings. The lowest BCUT2D eigenvalue weighted by Gasteiger charge is -2.06. The predicted octanol–water partition coefficient (Wildman–Crippen LogP) is 1.01. The van der Waals surface area contributed by atoms with E-state index in [1.165, 1.54) is 11.3 Å². The number of carbonyl (C=O) groups excluding carboxylic acids is 2. The van der Waals surface area contributed by atoms with Crippen molar-refractivity contribution in [1.82, 2.24) is 25.5 Å². The van der Waals surface area contributed by atoms with Crippen molar-refractivity contribution in [3.8, 4) is 0 Å². The number of aromatic nitrogens is 4. The Labute approximate surface area is 131 Å². The largest absolute Gasteiger partial charge is 0.456 e. The van der Waals surface area contributed by atoms with Crippen LogP contribution in [-0.4, -0.2) is 38.6 Å². The number of tetrazole rings is 1. The Bertz CT molecular complexity index is 611. The molecule has 0 atom stereocenters. The van der Waals surface area contributed by atoms with Crippen molar-refractivity contribution in [2.24, 2.45) is 0 Å². The van der Waals surface area contributed by atoms with Gasteiger partial charge >= 0.3 is 5.97 Å². The summed E-state index contributed by atoms with van der Waals surface area (Å²) in [6.07, 6.45) is 1.97. The van der Waals surface area contributed by atoms with Crippen molar-refractivity contribution in [3.05, 3.63) is 28.2 Å². The number of nitrogens with one attached hydrogen (secondary N) is 1. The molecule has 9 heteroatoms. The van der Waals surface area contributed by atoms with Crippen LogP contribution in [0.3, 0.4) is 0 Å². The maximum atomic E-state index is 11.7. The van der Waals surface area contributed by atoms with Crippen molar-refractivity contribution >= 4 is 23.2 Å².